The Bertz CT molecular complexity index is 1820. The molecule has 0 aliphatic carbocycles. The number of aromatic amines is 1. The van der Waals surface area contributed by atoms with Crippen LogP contribution in [-0.4, -0.2) is 56.2 Å². The van der Waals surface area contributed by atoms with Gasteiger partial charge in [-0.2, -0.15) is 0 Å². The maximum absolute atomic E-state index is 14.2. The lowest BCUT2D eigenvalue weighted by atomic mass is 9.94. The van der Waals surface area contributed by atoms with Crippen molar-refractivity contribution in [3.63, 3.8) is 0 Å². The molecule has 0 saturated carbocycles. The van der Waals surface area contributed by atoms with Crippen LogP contribution in [0.3, 0.4) is 0 Å². The third-order valence-corrected chi connectivity index (χ3v) is 7.35. The van der Waals surface area contributed by atoms with Gasteiger partial charge in [0.2, 0.25) is 0 Å². The van der Waals surface area contributed by atoms with Crippen molar-refractivity contribution in [2.24, 2.45) is 4.99 Å². The van der Waals surface area contributed by atoms with Crippen LogP contribution < -0.4 is 11.2 Å². The molecule has 2 aliphatic heterocycles. The zero-order valence-electron chi connectivity index (χ0n) is 23.5. The van der Waals surface area contributed by atoms with Crippen LogP contribution in [0.5, 0.6) is 0 Å². The molecule has 12 heteroatoms. The average Bonchev–Trinajstić information content (AvgIpc) is 3.57. The van der Waals surface area contributed by atoms with Crippen molar-refractivity contribution in [2.75, 3.05) is 6.61 Å². The summed E-state index contributed by atoms with van der Waals surface area (Å²) in [7, 11) is -2.74. The summed E-state index contributed by atoms with van der Waals surface area (Å²) in [5, 5.41) is 19.4. The number of benzene rings is 1. The van der Waals surface area contributed by atoms with Crippen LogP contribution in [-0.2, 0) is 4.74 Å². The van der Waals surface area contributed by atoms with E-state index in [0.29, 0.717) is 39.3 Å². The number of nitrogens with one attached hydrogen (secondary N) is 1. The normalized spacial score (nSPS) is 21.1. The number of aliphatic imine (C=N–C) groups is 1. The molecule has 0 radical (unpaired) electrons. The zero-order chi connectivity index (χ0) is 30.3. The number of aliphatic hydroxyl groups excluding tert-OH is 2. The van der Waals surface area contributed by atoms with E-state index in [1.54, 1.807) is 44.2 Å². The van der Waals surface area contributed by atoms with E-state index in [1.165, 1.54) is 6.20 Å². The molecule has 9 nitrogen and oxygen atoms in total. The van der Waals surface area contributed by atoms with E-state index >= 15 is 0 Å². The lowest BCUT2D eigenvalue weighted by molar-refractivity contribution is -0.0459. The molecule has 216 valence electrons. The van der Waals surface area contributed by atoms with Crippen LogP contribution in [0.1, 0.15) is 60.1 Å². The minimum Gasteiger partial charge on any atom is -0.394 e. The number of aromatic nitrogens is 3. The van der Waals surface area contributed by atoms with Gasteiger partial charge in [0.15, 0.2) is 0 Å². The highest BCUT2D eigenvalue weighted by Gasteiger charge is 2.35. The third-order valence-electron chi connectivity index (χ3n) is 7.35. The number of nitrogens with zero attached hydrogens (tertiary/aromatic N) is 3. The van der Waals surface area contributed by atoms with Gasteiger partial charge in [0.1, 0.15) is 17.9 Å². The molecule has 1 saturated heterocycles. The molecule has 4 heterocycles. The summed E-state index contributed by atoms with van der Waals surface area (Å²) in [6.07, 6.45) is 0.575. The second-order valence-electron chi connectivity index (χ2n) is 10.4. The molecule has 1 fully saturated rings. The van der Waals surface area contributed by atoms with Gasteiger partial charge >= 0.3 is 13.1 Å². The predicted octanol–water partition coefficient (Wildman–Crippen LogP) is 2.95. The van der Waals surface area contributed by atoms with E-state index in [1.807, 2.05) is 19.9 Å². The highest BCUT2D eigenvalue weighted by atomic mass is 19.2. The molecule has 0 spiro atoms. The fourth-order valence-corrected chi connectivity index (χ4v) is 5.40. The Kier molecular flexibility index (Phi) is 8.01. The van der Waals surface area contributed by atoms with Crippen LogP contribution in [0, 0.1) is 25.7 Å². The van der Waals surface area contributed by atoms with Crippen LogP contribution >= 0.6 is 0 Å². The second-order valence-corrected chi connectivity index (χ2v) is 10.4. The Labute approximate surface area is 240 Å². The first-order valence-corrected chi connectivity index (χ1v) is 13.4. The first-order chi connectivity index (χ1) is 20.0. The predicted molar refractivity (Wildman–Crippen MR) is 156 cm³/mol. The standard InChI is InChI=1S/C30H29BF2N4O5/c1-16-11-18(3)34-27(16)26(28-17(2)12-19(4)37(28)31(32)33)21-8-5-20(6-9-21)7-10-22-14-36(30(41)35-29(22)40)25-13-23(39)24(15-38)42-25/h5-6,8-9,11-12,14,23-25,38-39H,13,15H2,1-4H3,(H,35,40,41)/b27-26-/t23-,24+,25+/m0/s1. The molecule has 2 aliphatic rings. The number of hydrogen-bond acceptors (Lipinski definition) is 6. The summed E-state index contributed by atoms with van der Waals surface area (Å²) in [5.74, 6) is 5.68. The van der Waals surface area contributed by atoms with Gasteiger partial charge in [-0.15, -0.1) is 0 Å². The quantitative estimate of drug-likeness (QED) is 0.320. The minimum atomic E-state index is -2.74. The zero-order valence-corrected chi connectivity index (χ0v) is 23.5. The van der Waals surface area contributed by atoms with Crippen molar-refractivity contribution in [3.05, 3.63) is 108 Å². The van der Waals surface area contributed by atoms with Crippen LogP contribution in [0.25, 0.3) is 5.57 Å². The van der Waals surface area contributed by atoms with E-state index < -0.39 is 43.7 Å². The topological polar surface area (TPSA) is 122 Å². The monoisotopic (exact) mass is 574 g/mol. The Balaban J connectivity index is 1.52. The van der Waals surface area contributed by atoms with Gasteiger partial charge in [0, 0.05) is 40.9 Å². The van der Waals surface area contributed by atoms with Gasteiger partial charge in [0.05, 0.1) is 18.4 Å². The number of aliphatic hydroxyl groups is 2. The van der Waals surface area contributed by atoms with E-state index in [4.69, 9.17) is 4.74 Å². The van der Waals surface area contributed by atoms with E-state index in [0.717, 1.165) is 20.3 Å². The summed E-state index contributed by atoms with van der Waals surface area (Å²) in [6.45, 7) is 6.78. The summed E-state index contributed by atoms with van der Waals surface area (Å²) < 4.78 is 36.1. The minimum absolute atomic E-state index is 0.00409. The van der Waals surface area contributed by atoms with Crippen molar-refractivity contribution in [3.8, 4) is 11.8 Å². The molecular weight excluding hydrogens is 545 g/mol. The van der Waals surface area contributed by atoms with Crippen LogP contribution in [0.15, 0.2) is 68.5 Å². The highest BCUT2D eigenvalue weighted by molar-refractivity contribution is 6.41. The number of aryl methyl sites for hydroxylation is 2. The number of ether oxygens (including phenoxy) is 1. The van der Waals surface area contributed by atoms with Gasteiger partial charge in [-0.05, 0) is 68.7 Å². The number of halogens is 2. The number of allylic oxidation sites excluding steroid dienone is 2. The van der Waals surface area contributed by atoms with Crippen molar-refractivity contribution in [1.29, 1.82) is 0 Å². The highest BCUT2D eigenvalue weighted by Crippen LogP contribution is 2.37. The molecule has 0 unspecified atom stereocenters. The maximum atomic E-state index is 14.2. The van der Waals surface area contributed by atoms with Gasteiger partial charge in [0.25, 0.3) is 5.56 Å². The molecular formula is C30H29BF2N4O5. The molecule has 3 N–H and O–H groups in total. The fourth-order valence-electron chi connectivity index (χ4n) is 5.40. The average molecular weight is 574 g/mol. The number of hydrogen-bond donors (Lipinski definition) is 3. The Morgan fingerprint density at radius 2 is 1.88 bits per heavy atom. The van der Waals surface area contributed by atoms with Crippen molar-refractivity contribution >= 4 is 18.7 Å². The third kappa shape index (κ3) is 5.46. The molecule has 2 aromatic heterocycles. The SMILES string of the molecule is CC1=CC(C)=N/C1=C(/c1ccc(C#Cc2cn([C@H]3C[C@H](O)[C@@H](CO)O3)c(=O)[nH]c2=O)cc1)c1c(C)cc(C)n1B(F)F. The van der Waals surface area contributed by atoms with Gasteiger partial charge in [-0.3, -0.25) is 28.0 Å². The smallest absolute Gasteiger partial charge is 0.394 e. The summed E-state index contributed by atoms with van der Waals surface area (Å²) in [6, 6.07) is 8.71. The Morgan fingerprint density at radius 3 is 2.48 bits per heavy atom. The largest absolute Gasteiger partial charge is 0.677 e. The first-order valence-electron chi connectivity index (χ1n) is 13.4. The van der Waals surface area contributed by atoms with Crippen molar-refractivity contribution in [2.45, 2.75) is 52.6 Å². The summed E-state index contributed by atoms with van der Waals surface area (Å²) in [4.78, 5) is 31.7. The molecule has 3 atom stereocenters. The fraction of sp³-hybridized carbons (Fsp3) is 0.300. The maximum Gasteiger partial charge on any atom is 0.677 e. The molecule has 3 aromatic rings. The Morgan fingerprint density at radius 1 is 1.17 bits per heavy atom. The first kappa shape index (κ1) is 29.2. The molecule has 0 amide bonds. The molecule has 42 heavy (non-hydrogen) atoms. The van der Waals surface area contributed by atoms with Gasteiger partial charge in [-0.1, -0.05) is 24.0 Å². The van der Waals surface area contributed by atoms with Crippen LogP contribution in [0.2, 0.25) is 0 Å². The molecule has 0 bridgehead atoms. The second kappa shape index (κ2) is 11.5. The number of H-pyrrole nitrogens is 1. The van der Waals surface area contributed by atoms with Crippen LogP contribution in [0.4, 0.5) is 8.63 Å². The molecule has 5 rings (SSSR count). The van der Waals surface area contributed by atoms with Gasteiger partial charge in [-0.25, -0.2) is 4.79 Å². The van der Waals surface area contributed by atoms with Crippen molar-refractivity contribution < 1.29 is 23.6 Å². The van der Waals surface area contributed by atoms with E-state index in [2.05, 4.69) is 21.8 Å². The molecule has 1 aromatic carbocycles. The van der Waals surface area contributed by atoms with E-state index in [-0.39, 0.29) is 12.0 Å². The van der Waals surface area contributed by atoms with Crippen molar-refractivity contribution in [1.82, 2.24) is 14.0 Å². The van der Waals surface area contributed by atoms with E-state index in [9.17, 15) is 28.4 Å². The lowest BCUT2D eigenvalue weighted by Crippen LogP contribution is -2.33. The number of rotatable bonds is 5. The lowest BCUT2D eigenvalue weighted by Gasteiger charge is -2.16. The van der Waals surface area contributed by atoms with Gasteiger partial charge < -0.3 is 19.4 Å². The Hall–Kier alpha value is -4.31. The summed E-state index contributed by atoms with van der Waals surface area (Å²) >= 11 is 0. The summed E-state index contributed by atoms with van der Waals surface area (Å²) in [5.41, 5.74) is 4.19.